The van der Waals surface area contributed by atoms with Crippen LogP contribution in [-0.4, -0.2) is 29.9 Å². The minimum Gasteiger partial charge on any atom is -0.335 e. The number of carbonyl (C=O) groups is 1. The highest BCUT2D eigenvalue weighted by atomic mass is 35.5. The van der Waals surface area contributed by atoms with E-state index < -0.39 is 0 Å². The molecule has 3 rings (SSSR count). The van der Waals surface area contributed by atoms with Crippen molar-refractivity contribution in [2.24, 2.45) is 5.92 Å². The second-order valence-electron chi connectivity index (χ2n) is 5.99. The third-order valence-corrected chi connectivity index (χ3v) is 4.99. The van der Waals surface area contributed by atoms with E-state index in [1.165, 1.54) is 0 Å². The zero-order valence-corrected chi connectivity index (χ0v) is 14.7. The molecule has 1 aliphatic heterocycles. The number of piperidine rings is 1. The Balaban J connectivity index is 0.00000176. The fourth-order valence-electron chi connectivity index (χ4n) is 2.90. The molecule has 1 saturated heterocycles. The van der Waals surface area contributed by atoms with Gasteiger partial charge in [-0.2, -0.15) is 0 Å². The molecule has 22 heavy (non-hydrogen) atoms. The van der Waals surface area contributed by atoms with Crippen molar-refractivity contribution in [2.45, 2.75) is 38.3 Å². The van der Waals surface area contributed by atoms with Crippen LogP contribution in [0, 0.1) is 5.92 Å². The van der Waals surface area contributed by atoms with Gasteiger partial charge < -0.3 is 10.2 Å². The van der Waals surface area contributed by atoms with Crippen molar-refractivity contribution in [3.8, 4) is 0 Å². The van der Waals surface area contributed by atoms with E-state index >= 15 is 0 Å². The molecule has 1 N–H and O–H groups in total. The molecule has 1 atom stereocenters. The number of hydrogen-bond acceptors (Lipinski definition) is 2. The summed E-state index contributed by atoms with van der Waals surface area (Å²) in [6.07, 6.45) is 4.32. The molecule has 1 saturated carbocycles. The molecule has 122 valence electrons. The average molecular weight is 364 g/mol. The van der Waals surface area contributed by atoms with Gasteiger partial charge >= 0.3 is 0 Å². The maximum atomic E-state index is 12.8. The van der Waals surface area contributed by atoms with Crippen molar-refractivity contribution < 1.29 is 4.79 Å². The molecule has 0 radical (unpaired) electrons. The van der Waals surface area contributed by atoms with E-state index in [2.05, 4.69) is 5.32 Å². The molecule has 1 unspecified atom stereocenters. The largest absolute Gasteiger partial charge is 0.335 e. The standard InChI is InChI=1S/C16H20Cl2N2O.ClH/c17-14-6-3-11(8-15(14)18)10-20(13-4-5-13)16(21)12-2-1-7-19-9-12;/h3,6,8,12-13,19H,1-2,4-5,7,9-10H2;1H. The van der Waals surface area contributed by atoms with E-state index in [9.17, 15) is 4.79 Å². The molecule has 1 amide bonds. The number of nitrogens with zero attached hydrogens (tertiary/aromatic N) is 1. The molecule has 0 aromatic heterocycles. The Morgan fingerprint density at radius 1 is 1.23 bits per heavy atom. The summed E-state index contributed by atoms with van der Waals surface area (Å²) in [5, 5.41) is 4.43. The van der Waals surface area contributed by atoms with Crippen molar-refractivity contribution >= 4 is 41.5 Å². The van der Waals surface area contributed by atoms with Crippen molar-refractivity contribution in [3.63, 3.8) is 0 Å². The number of halogens is 3. The lowest BCUT2D eigenvalue weighted by atomic mass is 9.97. The van der Waals surface area contributed by atoms with Gasteiger partial charge in [0.1, 0.15) is 0 Å². The van der Waals surface area contributed by atoms with Crippen LogP contribution < -0.4 is 5.32 Å². The molecule has 1 aromatic carbocycles. The van der Waals surface area contributed by atoms with Gasteiger partial charge in [0, 0.05) is 19.1 Å². The molecule has 2 fully saturated rings. The van der Waals surface area contributed by atoms with Crippen molar-refractivity contribution in [2.75, 3.05) is 13.1 Å². The third-order valence-electron chi connectivity index (χ3n) is 4.25. The van der Waals surface area contributed by atoms with Gasteiger partial charge in [-0.15, -0.1) is 12.4 Å². The summed E-state index contributed by atoms with van der Waals surface area (Å²) in [6, 6.07) is 6.03. The molecular weight excluding hydrogens is 343 g/mol. The summed E-state index contributed by atoms with van der Waals surface area (Å²) in [5.41, 5.74) is 1.05. The first-order valence-corrected chi connectivity index (χ1v) is 8.36. The first-order chi connectivity index (χ1) is 10.1. The Kier molecular flexibility index (Phi) is 6.39. The van der Waals surface area contributed by atoms with Crippen molar-refractivity contribution in [3.05, 3.63) is 33.8 Å². The fraction of sp³-hybridized carbons (Fsp3) is 0.562. The second kappa shape index (κ2) is 7.87. The summed E-state index contributed by atoms with van der Waals surface area (Å²) in [4.78, 5) is 14.8. The number of amides is 1. The van der Waals surface area contributed by atoms with Crippen LogP contribution in [0.4, 0.5) is 0 Å². The summed E-state index contributed by atoms with van der Waals surface area (Å²) in [7, 11) is 0. The quantitative estimate of drug-likeness (QED) is 0.879. The summed E-state index contributed by atoms with van der Waals surface area (Å²) < 4.78 is 0. The van der Waals surface area contributed by atoms with Gasteiger partial charge in [-0.05, 0) is 49.9 Å². The molecule has 1 aliphatic carbocycles. The topological polar surface area (TPSA) is 32.3 Å². The normalized spacial score (nSPS) is 21.1. The highest BCUT2D eigenvalue weighted by molar-refractivity contribution is 6.42. The number of rotatable bonds is 4. The van der Waals surface area contributed by atoms with Crippen molar-refractivity contribution in [1.29, 1.82) is 0 Å². The predicted octanol–water partition coefficient (Wildman–Crippen LogP) is 3.91. The van der Waals surface area contributed by atoms with Gasteiger partial charge in [0.2, 0.25) is 5.91 Å². The number of carbonyl (C=O) groups excluding carboxylic acids is 1. The van der Waals surface area contributed by atoms with Gasteiger partial charge in [-0.1, -0.05) is 29.3 Å². The first kappa shape index (κ1) is 17.9. The average Bonchev–Trinajstić information content (AvgIpc) is 3.33. The van der Waals surface area contributed by atoms with E-state index in [0.29, 0.717) is 22.6 Å². The highest BCUT2D eigenvalue weighted by Crippen LogP contribution is 2.32. The number of nitrogens with one attached hydrogen (secondary N) is 1. The van der Waals surface area contributed by atoms with Gasteiger partial charge in [0.25, 0.3) is 0 Å². The van der Waals surface area contributed by atoms with Crippen LogP contribution >= 0.6 is 35.6 Å². The molecule has 6 heteroatoms. The Bertz CT molecular complexity index is 528. The van der Waals surface area contributed by atoms with E-state index in [1.807, 2.05) is 17.0 Å². The maximum absolute atomic E-state index is 12.8. The molecule has 2 aliphatic rings. The molecule has 1 aromatic rings. The fourth-order valence-corrected chi connectivity index (χ4v) is 3.23. The summed E-state index contributed by atoms with van der Waals surface area (Å²) >= 11 is 12.0. The van der Waals surface area contributed by atoms with Crippen LogP contribution in [-0.2, 0) is 11.3 Å². The molecule has 3 nitrogen and oxygen atoms in total. The molecule has 0 spiro atoms. The lowest BCUT2D eigenvalue weighted by Crippen LogP contribution is -2.43. The zero-order valence-electron chi connectivity index (χ0n) is 12.4. The summed E-state index contributed by atoms with van der Waals surface area (Å²) in [5.74, 6) is 0.415. The zero-order chi connectivity index (χ0) is 14.8. The third kappa shape index (κ3) is 4.29. The number of benzene rings is 1. The van der Waals surface area contributed by atoms with E-state index in [0.717, 1.165) is 44.3 Å². The van der Waals surface area contributed by atoms with Crippen LogP contribution in [0.1, 0.15) is 31.2 Å². The molecule has 0 bridgehead atoms. The molecular formula is C16H21Cl3N2O. The van der Waals surface area contributed by atoms with Crippen molar-refractivity contribution in [1.82, 2.24) is 10.2 Å². The van der Waals surface area contributed by atoms with Gasteiger partial charge in [0.05, 0.1) is 16.0 Å². The van der Waals surface area contributed by atoms with Crippen LogP contribution in [0.5, 0.6) is 0 Å². The van der Waals surface area contributed by atoms with Crippen LogP contribution in [0.2, 0.25) is 10.0 Å². The SMILES string of the molecule is Cl.O=C(C1CCCNC1)N(Cc1ccc(Cl)c(Cl)c1)C1CC1. The highest BCUT2D eigenvalue weighted by Gasteiger charge is 2.36. The monoisotopic (exact) mass is 362 g/mol. The minimum absolute atomic E-state index is 0. The van der Waals surface area contributed by atoms with Crippen LogP contribution in [0.25, 0.3) is 0 Å². The Morgan fingerprint density at radius 3 is 2.59 bits per heavy atom. The van der Waals surface area contributed by atoms with E-state index in [1.54, 1.807) is 6.07 Å². The molecule has 1 heterocycles. The van der Waals surface area contributed by atoms with Crippen LogP contribution in [0.15, 0.2) is 18.2 Å². The lowest BCUT2D eigenvalue weighted by Gasteiger charge is -2.30. The summed E-state index contributed by atoms with van der Waals surface area (Å²) in [6.45, 7) is 2.47. The predicted molar refractivity (Wildman–Crippen MR) is 92.9 cm³/mol. The Labute approximate surface area is 147 Å². The van der Waals surface area contributed by atoms with Gasteiger partial charge in [-0.3, -0.25) is 4.79 Å². The number of hydrogen-bond donors (Lipinski definition) is 1. The van der Waals surface area contributed by atoms with Gasteiger partial charge in [-0.25, -0.2) is 0 Å². The van der Waals surface area contributed by atoms with E-state index in [4.69, 9.17) is 23.2 Å². The van der Waals surface area contributed by atoms with E-state index in [-0.39, 0.29) is 24.2 Å². The van der Waals surface area contributed by atoms with Crippen LogP contribution in [0.3, 0.4) is 0 Å². The first-order valence-electron chi connectivity index (χ1n) is 7.60. The Hall–Kier alpha value is -0.480. The lowest BCUT2D eigenvalue weighted by molar-refractivity contribution is -0.137. The minimum atomic E-state index is 0. The second-order valence-corrected chi connectivity index (χ2v) is 6.80. The smallest absolute Gasteiger partial charge is 0.227 e. The Morgan fingerprint density at radius 2 is 2.00 bits per heavy atom. The van der Waals surface area contributed by atoms with Gasteiger partial charge in [0.15, 0.2) is 0 Å². The maximum Gasteiger partial charge on any atom is 0.227 e.